The fourth-order valence-corrected chi connectivity index (χ4v) is 3.46. The molecule has 2 heterocycles. The third-order valence-corrected chi connectivity index (χ3v) is 4.18. The van der Waals surface area contributed by atoms with Gasteiger partial charge < -0.3 is 4.90 Å². The maximum atomic E-state index is 5.97. The first-order chi connectivity index (χ1) is 9.15. The van der Waals surface area contributed by atoms with E-state index in [1.54, 1.807) is 6.20 Å². The monoisotopic (exact) mass is 336 g/mol. The molecular formula is C15H14BrClN2. The number of rotatable bonds is 1. The molecule has 0 fully saturated rings. The number of fused-ring (bicyclic) bond motifs is 1. The molecule has 0 spiro atoms. The van der Waals surface area contributed by atoms with Crippen molar-refractivity contribution >= 4 is 39.0 Å². The quantitative estimate of drug-likeness (QED) is 0.741. The summed E-state index contributed by atoms with van der Waals surface area (Å²) >= 11 is 9.54. The molecule has 1 aromatic carbocycles. The van der Waals surface area contributed by atoms with Gasteiger partial charge in [0.25, 0.3) is 0 Å². The molecule has 98 valence electrons. The first kappa shape index (κ1) is 12.9. The third kappa shape index (κ3) is 2.49. The van der Waals surface area contributed by atoms with E-state index in [0.717, 1.165) is 23.3 Å². The molecule has 1 aliphatic rings. The average Bonchev–Trinajstić information content (AvgIpc) is 2.38. The summed E-state index contributed by atoms with van der Waals surface area (Å²) in [6.45, 7) is 3.25. The second-order valence-electron chi connectivity index (χ2n) is 5.01. The van der Waals surface area contributed by atoms with Gasteiger partial charge in [-0.15, -0.1) is 0 Å². The van der Waals surface area contributed by atoms with E-state index in [2.05, 4.69) is 57.0 Å². The van der Waals surface area contributed by atoms with Crippen LogP contribution in [0.1, 0.15) is 12.5 Å². The molecule has 2 aromatic rings. The number of anilines is 2. The zero-order chi connectivity index (χ0) is 13.4. The van der Waals surface area contributed by atoms with E-state index >= 15 is 0 Å². The van der Waals surface area contributed by atoms with Crippen molar-refractivity contribution in [3.8, 4) is 0 Å². The van der Waals surface area contributed by atoms with Crippen LogP contribution in [0.25, 0.3) is 0 Å². The minimum absolute atomic E-state index is 0.610. The van der Waals surface area contributed by atoms with Gasteiger partial charge in [-0.2, -0.15) is 0 Å². The fourth-order valence-electron chi connectivity index (χ4n) is 2.60. The zero-order valence-corrected chi connectivity index (χ0v) is 12.9. The Morgan fingerprint density at radius 1 is 1.37 bits per heavy atom. The van der Waals surface area contributed by atoms with Gasteiger partial charge in [0.2, 0.25) is 0 Å². The highest BCUT2D eigenvalue weighted by Crippen LogP contribution is 2.37. The Balaban J connectivity index is 2.10. The average molecular weight is 338 g/mol. The summed E-state index contributed by atoms with van der Waals surface area (Å²) in [5.41, 5.74) is 2.63. The number of benzene rings is 1. The summed E-state index contributed by atoms with van der Waals surface area (Å²) in [4.78, 5) is 6.75. The predicted octanol–water partition coefficient (Wildman–Crippen LogP) is 4.83. The molecule has 1 unspecified atom stereocenters. The Hall–Kier alpha value is -1.06. The molecule has 0 amide bonds. The van der Waals surface area contributed by atoms with Crippen LogP contribution in [0, 0.1) is 5.92 Å². The van der Waals surface area contributed by atoms with Gasteiger partial charge in [-0.25, -0.2) is 4.98 Å². The van der Waals surface area contributed by atoms with Crippen LogP contribution in [0.15, 0.2) is 41.0 Å². The molecule has 1 aliphatic heterocycles. The summed E-state index contributed by atoms with van der Waals surface area (Å²) in [7, 11) is 0. The Labute approximate surface area is 126 Å². The molecule has 4 heteroatoms. The molecule has 0 saturated heterocycles. The molecule has 3 rings (SSSR count). The zero-order valence-electron chi connectivity index (χ0n) is 10.6. The number of nitrogens with zero attached hydrogens (tertiary/aromatic N) is 2. The van der Waals surface area contributed by atoms with Crippen LogP contribution in [0.2, 0.25) is 5.02 Å². The second kappa shape index (κ2) is 5.14. The normalized spacial score (nSPS) is 18.3. The molecule has 0 radical (unpaired) electrons. The van der Waals surface area contributed by atoms with Crippen molar-refractivity contribution in [2.75, 3.05) is 11.4 Å². The van der Waals surface area contributed by atoms with Gasteiger partial charge in [-0.3, -0.25) is 0 Å². The highest BCUT2D eigenvalue weighted by molar-refractivity contribution is 9.10. The van der Waals surface area contributed by atoms with E-state index in [1.165, 1.54) is 11.3 Å². The standard InChI is InChI=1S/C15H14BrClN2/c1-10-6-11-4-2-3-5-14(11)19(9-10)15-13(16)7-12(17)8-18-15/h2-5,7-8,10H,6,9H2,1H3. The summed E-state index contributed by atoms with van der Waals surface area (Å²) in [5.74, 6) is 1.54. The Kier molecular flexibility index (Phi) is 3.50. The van der Waals surface area contributed by atoms with Gasteiger partial charge >= 0.3 is 0 Å². The Morgan fingerprint density at radius 3 is 2.95 bits per heavy atom. The van der Waals surface area contributed by atoms with Gasteiger partial charge in [0, 0.05) is 18.4 Å². The van der Waals surface area contributed by atoms with Crippen molar-refractivity contribution in [1.82, 2.24) is 4.98 Å². The van der Waals surface area contributed by atoms with E-state index in [4.69, 9.17) is 11.6 Å². The molecule has 19 heavy (non-hydrogen) atoms. The van der Waals surface area contributed by atoms with Crippen LogP contribution in [0.3, 0.4) is 0 Å². The number of halogens is 2. The van der Waals surface area contributed by atoms with Gasteiger partial charge in [0.05, 0.1) is 9.50 Å². The lowest BCUT2D eigenvalue weighted by atomic mass is 9.94. The highest BCUT2D eigenvalue weighted by Gasteiger charge is 2.24. The smallest absolute Gasteiger partial charge is 0.147 e. The molecule has 1 aromatic heterocycles. The van der Waals surface area contributed by atoms with Crippen LogP contribution in [-0.2, 0) is 6.42 Å². The topological polar surface area (TPSA) is 16.1 Å². The number of aromatic nitrogens is 1. The minimum Gasteiger partial charge on any atom is -0.325 e. The molecule has 0 aliphatic carbocycles. The van der Waals surface area contributed by atoms with Crippen molar-refractivity contribution in [3.05, 3.63) is 51.6 Å². The molecule has 1 atom stereocenters. The third-order valence-electron chi connectivity index (χ3n) is 3.39. The first-order valence-corrected chi connectivity index (χ1v) is 7.48. The molecule has 0 N–H and O–H groups in total. The van der Waals surface area contributed by atoms with Crippen LogP contribution < -0.4 is 4.90 Å². The lowest BCUT2D eigenvalue weighted by Gasteiger charge is -2.34. The number of pyridine rings is 1. The number of hydrogen-bond donors (Lipinski definition) is 0. The van der Waals surface area contributed by atoms with E-state index < -0.39 is 0 Å². The first-order valence-electron chi connectivity index (χ1n) is 6.31. The highest BCUT2D eigenvalue weighted by atomic mass is 79.9. The Morgan fingerprint density at radius 2 is 2.16 bits per heavy atom. The number of hydrogen-bond acceptors (Lipinski definition) is 2. The van der Waals surface area contributed by atoms with Crippen molar-refractivity contribution in [2.24, 2.45) is 5.92 Å². The van der Waals surface area contributed by atoms with Crippen LogP contribution in [0.4, 0.5) is 11.5 Å². The van der Waals surface area contributed by atoms with Crippen molar-refractivity contribution in [1.29, 1.82) is 0 Å². The van der Waals surface area contributed by atoms with Crippen LogP contribution >= 0.6 is 27.5 Å². The van der Waals surface area contributed by atoms with E-state index in [9.17, 15) is 0 Å². The second-order valence-corrected chi connectivity index (χ2v) is 6.30. The van der Waals surface area contributed by atoms with Crippen LogP contribution in [-0.4, -0.2) is 11.5 Å². The summed E-state index contributed by atoms with van der Waals surface area (Å²) < 4.78 is 0.934. The maximum Gasteiger partial charge on any atom is 0.147 e. The van der Waals surface area contributed by atoms with Gasteiger partial charge in [-0.05, 0) is 46.0 Å². The summed E-state index contributed by atoms with van der Waals surface area (Å²) in [6, 6.07) is 10.4. The van der Waals surface area contributed by atoms with Gasteiger partial charge in [0.1, 0.15) is 5.82 Å². The van der Waals surface area contributed by atoms with Crippen molar-refractivity contribution in [2.45, 2.75) is 13.3 Å². The van der Waals surface area contributed by atoms with Crippen molar-refractivity contribution in [3.63, 3.8) is 0 Å². The minimum atomic E-state index is 0.610. The molecule has 2 nitrogen and oxygen atoms in total. The fraction of sp³-hybridized carbons (Fsp3) is 0.267. The SMILES string of the molecule is CC1Cc2ccccc2N(c2ncc(Cl)cc2Br)C1. The summed E-state index contributed by atoms with van der Waals surface area (Å²) in [6.07, 6.45) is 2.82. The Bertz CT molecular complexity index is 615. The van der Waals surface area contributed by atoms with E-state index in [1.807, 2.05) is 6.07 Å². The molecular weight excluding hydrogens is 324 g/mol. The lowest BCUT2D eigenvalue weighted by molar-refractivity contribution is 0.560. The maximum absolute atomic E-state index is 5.97. The van der Waals surface area contributed by atoms with Gasteiger partial charge in [-0.1, -0.05) is 36.7 Å². The molecule has 0 bridgehead atoms. The predicted molar refractivity (Wildman–Crippen MR) is 83.3 cm³/mol. The van der Waals surface area contributed by atoms with Gasteiger partial charge in [0.15, 0.2) is 0 Å². The number of para-hydroxylation sites is 1. The van der Waals surface area contributed by atoms with E-state index in [0.29, 0.717) is 10.9 Å². The lowest BCUT2D eigenvalue weighted by Crippen LogP contribution is -2.31. The van der Waals surface area contributed by atoms with Crippen LogP contribution in [0.5, 0.6) is 0 Å². The van der Waals surface area contributed by atoms with E-state index in [-0.39, 0.29) is 0 Å². The van der Waals surface area contributed by atoms with Crippen molar-refractivity contribution < 1.29 is 0 Å². The largest absolute Gasteiger partial charge is 0.325 e. The molecule has 0 saturated carbocycles. The summed E-state index contributed by atoms with van der Waals surface area (Å²) in [5, 5.41) is 0.647.